The summed E-state index contributed by atoms with van der Waals surface area (Å²) >= 11 is 6.10. The highest BCUT2D eigenvalue weighted by atomic mass is 35.5. The molecule has 0 aromatic heterocycles. The molecule has 1 aromatic rings. The van der Waals surface area contributed by atoms with E-state index in [4.69, 9.17) is 17.3 Å². The van der Waals surface area contributed by atoms with Gasteiger partial charge in [-0.1, -0.05) is 11.6 Å². The van der Waals surface area contributed by atoms with Gasteiger partial charge >= 0.3 is 0 Å². The first-order chi connectivity index (χ1) is 6.61. The van der Waals surface area contributed by atoms with Gasteiger partial charge in [0.15, 0.2) is 5.78 Å². The molecule has 1 aromatic carbocycles. The number of nitrogens with two attached hydrogens (primary N) is 1. The van der Waals surface area contributed by atoms with Crippen LogP contribution in [0.2, 0.25) is 5.02 Å². The van der Waals surface area contributed by atoms with E-state index >= 15 is 0 Å². The van der Waals surface area contributed by atoms with Gasteiger partial charge in [0.05, 0.1) is 10.7 Å². The van der Waals surface area contributed by atoms with Crippen molar-refractivity contribution in [3.05, 3.63) is 27.8 Å². The SMILES string of the molecule is Cc1cc2c(c(Cl)c1N)CCCC2=O. The molecule has 74 valence electrons. The van der Waals surface area contributed by atoms with Crippen LogP contribution < -0.4 is 5.73 Å². The predicted octanol–water partition coefficient (Wildman–Crippen LogP) is 2.75. The molecule has 0 fully saturated rings. The van der Waals surface area contributed by atoms with Gasteiger partial charge in [0.25, 0.3) is 0 Å². The van der Waals surface area contributed by atoms with Gasteiger partial charge in [0.2, 0.25) is 0 Å². The average Bonchev–Trinajstić information content (AvgIpc) is 2.17. The fourth-order valence-corrected chi connectivity index (χ4v) is 2.23. The van der Waals surface area contributed by atoms with Gasteiger partial charge in [0.1, 0.15) is 0 Å². The zero-order chi connectivity index (χ0) is 10.3. The third-order valence-electron chi connectivity index (χ3n) is 2.74. The third-order valence-corrected chi connectivity index (χ3v) is 3.17. The smallest absolute Gasteiger partial charge is 0.163 e. The number of hydrogen-bond acceptors (Lipinski definition) is 2. The van der Waals surface area contributed by atoms with Crippen LogP contribution in [0.25, 0.3) is 0 Å². The molecule has 3 heteroatoms. The number of anilines is 1. The Labute approximate surface area is 88.1 Å². The van der Waals surface area contributed by atoms with Crippen molar-refractivity contribution in [1.29, 1.82) is 0 Å². The Morgan fingerprint density at radius 3 is 2.86 bits per heavy atom. The third kappa shape index (κ3) is 1.30. The second kappa shape index (κ2) is 3.28. The highest BCUT2D eigenvalue weighted by molar-refractivity contribution is 6.34. The van der Waals surface area contributed by atoms with Crippen molar-refractivity contribution in [2.24, 2.45) is 0 Å². The van der Waals surface area contributed by atoms with Crippen LogP contribution in [-0.2, 0) is 6.42 Å². The molecule has 2 N–H and O–H groups in total. The lowest BCUT2D eigenvalue weighted by atomic mass is 9.89. The highest BCUT2D eigenvalue weighted by Crippen LogP contribution is 2.34. The lowest BCUT2D eigenvalue weighted by Gasteiger charge is -2.18. The summed E-state index contributed by atoms with van der Waals surface area (Å²) in [5.74, 6) is 0.191. The molecule has 0 radical (unpaired) electrons. The van der Waals surface area contributed by atoms with Gasteiger partial charge in [-0.25, -0.2) is 0 Å². The van der Waals surface area contributed by atoms with Crippen LogP contribution in [0.4, 0.5) is 5.69 Å². The van der Waals surface area contributed by atoms with Crippen molar-refractivity contribution in [3.8, 4) is 0 Å². The maximum atomic E-state index is 11.6. The lowest BCUT2D eigenvalue weighted by Crippen LogP contribution is -2.13. The first kappa shape index (κ1) is 9.53. The molecule has 14 heavy (non-hydrogen) atoms. The number of benzene rings is 1. The van der Waals surface area contributed by atoms with Crippen LogP contribution in [0.5, 0.6) is 0 Å². The van der Waals surface area contributed by atoms with Crippen molar-refractivity contribution in [3.63, 3.8) is 0 Å². The van der Waals surface area contributed by atoms with E-state index in [0.717, 1.165) is 29.5 Å². The Morgan fingerprint density at radius 2 is 2.14 bits per heavy atom. The number of fused-ring (bicyclic) bond motifs is 1. The van der Waals surface area contributed by atoms with Gasteiger partial charge < -0.3 is 5.73 Å². The lowest BCUT2D eigenvalue weighted by molar-refractivity contribution is 0.0972. The van der Waals surface area contributed by atoms with Crippen molar-refractivity contribution >= 4 is 23.1 Å². The molecule has 0 saturated carbocycles. The largest absolute Gasteiger partial charge is 0.397 e. The quantitative estimate of drug-likeness (QED) is 0.668. The maximum Gasteiger partial charge on any atom is 0.163 e. The van der Waals surface area contributed by atoms with Crippen LogP contribution in [0.1, 0.15) is 34.3 Å². The maximum absolute atomic E-state index is 11.6. The summed E-state index contributed by atoms with van der Waals surface area (Å²) in [6, 6.07) is 1.86. The number of halogens is 1. The Hall–Kier alpha value is -1.02. The first-order valence-electron chi connectivity index (χ1n) is 4.72. The normalized spacial score (nSPS) is 15.4. The van der Waals surface area contributed by atoms with Crippen molar-refractivity contribution in [2.75, 3.05) is 5.73 Å². The molecule has 0 amide bonds. The van der Waals surface area contributed by atoms with Crippen LogP contribution in [0.15, 0.2) is 6.07 Å². The fourth-order valence-electron chi connectivity index (χ4n) is 1.89. The number of carbonyl (C=O) groups is 1. The molecular weight excluding hydrogens is 198 g/mol. The number of aryl methyl sites for hydroxylation is 1. The van der Waals surface area contributed by atoms with Gasteiger partial charge in [-0.05, 0) is 37.0 Å². The molecule has 1 aliphatic rings. The summed E-state index contributed by atoms with van der Waals surface area (Å²) in [6.45, 7) is 1.88. The number of Topliss-reactive ketones (excluding diaryl/α,β-unsaturated/α-hetero) is 1. The van der Waals surface area contributed by atoms with Gasteiger partial charge in [-0.2, -0.15) is 0 Å². The zero-order valence-corrected chi connectivity index (χ0v) is 8.82. The summed E-state index contributed by atoms with van der Waals surface area (Å²) < 4.78 is 0. The standard InChI is InChI=1S/C11H12ClNO/c1-6-5-8-7(10(12)11(6)13)3-2-4-9(8)14/h5H,2-4,13H2,1H3. The molecule has 2 nitrogen and oxygen atoms in total. The second-order valence-corrected chi connectivity index (χ2v) is 4.10. The Morgan fingerprint density at radius 1 is 1.43 bits per heavy atom. The van der Waals surface area contributed by atoms with Gasteiger partial charge in [0, 0.05) is 12.0 Å². The average molecular weight is 210 g/mol. The minimum Gasteiger partial charge on any atom is -0.397 e. The van der Waals surface area contributed by atoms with Crippen LogP contribution in [0, 0.1) is 6.92 Å². The minimum absolute atomic E-state index is 0.191. The van der Waals surface area contributed by atoms with E-state index in [1.165, 1.54) is 0 Å². The number of carbonyl (C=O) groups excluding carboxylic acids is 1. The summed E-state index contributed by atoms with van der Waals surface area (Å²) in [4.78, 5) is 11.6. The molecule has 0 saturated heterocycles. The summed E-state index contributed by atoms with van der Waals surface area (Å²) in [6.07, 6.45) is 2.38. The van der Waals surface area contributed by atoms with Crippen molar-refractivity contribution in [1.82, 2.24) is 0 Å². The van der Waals surface area contributed by atoms with Crippen LogP contribution in [0.3, 0.4) is 0 Å². The van der Waals surface area contributed by atoms with E-state index in [2.05, 4.69) is 0 Å². The topological polar surface area (TPSA) is 43.1 Å². The minimum atomic E-state index is 0.191. The molecule has 0 spiro atoms. The monoisotopic (exact) mass is 209 g/mol. The number of ketones is 1. The van der Waals surface area contributed by atoms with Gasteiger partial charge in [-0.3, -0.25) is 4.79 Å². The Bertz CT molecular complexity index is 412. The highest BCUT2D eigenvalue weighted by Gasteiger charge is 2.21. The summed E-state index contributed by atoms with van der Waals surface area (Å²) in [5.41, 5.74) is 9.02. The van der Waals surface area contributed by atoms with Crippen LogP contribution in [-0.4, -0.2) is 5.78 Å². The fraction of sp³-hybridized carbons (Fsp3) is 0.364. The molecule has 0 aliphatic heterocycles. The molecule has 2 rings (SSSR count). The van der Waals surface area contributed by atoms with Crippen LogP contribution >= 0.6 is 11.6 Å². The Balaban J connectivity index is 2.69. The molecule has 0 atom stereocenters. The van der Waals surface area contributed by atoms with E-state index < -0.39 is 0 Å². The second-order valence-electron chi connectivity index (χ2n) is 3.72. The molecule has 0 unspecified atom stereocenters. The van der Waals surface area contributed by atoms with E-state index in [-0.39, 0.29) is 5.78 Å². The van der Waals surface area contributed by atoms with Crippen molar-refractivity contribution in [2.45, 2.75) is 26.2 Å². The summed E-state index contributed by atoms with van der Waals surface area (Å²) in [5, 5.41) is 0.577. The van der Waals surface area contributed by atoms with Crippen molar-refractivity contribution < 1.29 is 4.79 Å². The molecule has 0 bridgehead atoms. The number of rotatable bonds is 0. The predicted molar refractivity (Wildman–Crippen MR) is 57.9 cm³/mol. The van der Waals surface area contributed by atoms with E-state index in [0.29, 0.717) is 17.1 Å². The first-order valence-corrected chi connectivity index (χ1v) is 5.09. The van der Waals surface area contributed by atoms with E-state index in [1.807, 2.05) is 13.0 Å². The number of hydrogen-bond donors (Lipinski definition) is 1. The number of nitrogen functional groups attached to an aromatic ring is 1. The molecule has 1 aliphatic carbocycles. The van der Waals surface area contributed by atoms with E-state index in [1.54, 1.807) is 0 Å². The van der Waals surface area contributed by atoms with Gasteiger partial charge in [-0.15, -0.1) is 0 Å². The summed E-state index contributed by atoms with van der Waals surface area (Å²) in [7, 11) is 0. The Kier molecular flexibility index (Phi) is 2.23. The molecule has 0 heterocycles. The van der Waals surface area contributed by atoms with E-state index in [9.17, 15) is 4.79 Å². The molecular formula is C11H12ClNO. The zero-order valence-electron chi connectivity index (χ0n) is 8.06.